The smallest absolute Gasteiger partial charge is 0.0455 e. The van der Waals surface area contributed by atoms with Crippen molar-refractivity contribution in [2.75, 3.05) is 18.6 Å². The van der Waals surface area contributed by atoms with E-state index in [2.05, 4.69) is 73.3 Å². The first-order valence-electron chi connectivity index (χ1n) is 7.56. The molecule has 0 bridgehead atoms. The molecule has 0 aliphatic rings. The van der Waals surface area contributed by atoms with Gasteiger partial charge in [-0.3, -0.25) is 0 Å². The van der Waals surface area contributed by atoms with Crippen molar-refractivity contribution in [1.82, 2.24) is 9.88 Å². The highest BCUT2D eigenvalue weighted by Crippen LogP contribution is 2.20. The highest BCUT2D eigenvalue weighted by atomic mass is 32.2. The van der Waals surface area contributed by atoms with Crippen molar-refractivity contribution in [3.63, 3.8) is 0 Å². The van der Waals surface area contributed by atoms with Crippen molar-refractivity contribution in [3.05, 3.63) is 53.3 Å². The second-order valence-corrected chi connectivity index (χ2v) is 6.67. The Morgan fingerprint density at radius 3 is 2.57 bits per heavy atom. The summed E-state index contributed by atoms with van der Waals surface area (Å²) in [6, 6.07) is 12.9. The van der Waals surface area contributed by atoms with Crippen LogP contribution in [-0.2, 0) is 6.54 Å². The summed E-state index contributed by atoms with van der Waals surface area (Å²) < 4.78 is 2.34. The third-order valence-electron chi connectivity index (χ3n) is 3.81. The number of benzene rings is 1. The molecule has 0 aliphatic carbocycles. The van der Waals surface area contributed by atoms with Gasteiger partial charge in [0, 0.05) is 23.6 Å². The summed E-state index contributed by atoms with van der Waals surface area (Å²) in [7, 11) is 0. The number of thioether (sulfide) groups is 1. The van der Waals surface area contributed by atoms with E-state index in [0.717, 1.165) is 19.0 Å². The van der Waals surface area contributed by atoms with E-state index in [1.807, 2.05) is 11.8 Å². The minimum Gasteiger partial charge on any atom is -0.318 e. The lowest BCUT2D eigenvalue weighted by Gasteiger charge is -2.12. The molecule has 0 saturated heterocycles. The first-order valence-corrected chi connectivity index (χ1v) is 8.95. The molecule has 0 saturated carbocycles. The Morgan fingerprint density at radius 2 is 1.90 bits per heavy atom. The summed E-state index contributed by atoms with van der Waals surface area (Å²) in [5.41, 5.74) is 5.28. The number of nitrogens with zero attached hydrogens (tertiary/aromatic N) is 1. The maximum absolute atomic E-state index is 3.59. The van der Waals surface area contributed by atoms with Gasteiger partial charge in [-0.1, -0.05) is 25.1 Å². The summed E-state index contributed by atoms with van der Waals surface area (Å²) in [5, 5.41) is 3.59. The number of aromatic nitrogens is 1. The van der Waals surface area contributed by atoms with Crippen LogP contribution in [0.5, 0.6) is 0 Å². The van der Waals surface area contributed by atoms with Crippen molar-refractivity contribution in [1.29, 1.82) is 0 Å². The molecule has 0 radical (unpaired) electrons. The zero-order valence-electron chi connectivity index (χ0n) is 13.5. The fourth-order valence-electron chi connectivity index (χ4n) is 2.78. The number of aryl methyl sites for hydroxylation is 1. The molecule has 1 N–H and O–H groups in total. The SMILES string of the molecule is CSCC(C)CNCc1cc(C)n(-c2ccccc2)c1C. The number of para-hydroxylation sites is 1. The summed E-state index contributed by atoms with van der Waals surface area (Å²) in [5.74, 6) is 1.94. The molecule has 0 aliphatic heterocycles. The maximum Gasteiger partial charge on any atom is 0.0455 e. The van der Waals surface area contributed by atoms with E-state index >= 15 is 0 Å². The minimum absolute atomic E-state index is 0.720. The lowest BCUT2D eigenvalue weighted by atomic mass is 10.2. The van der Waals surface area contributed by atoms with Gasteiger partial charge >= 0.3 is 0 Å². The second-order valence-electron chi connectivity index (χ2n) is 5.76. The molecule has 1 unspecified atom stereocenters. The van der Waals surface area contributed by atoms with Gasteiger partial charge in [-0.2, -0.15) is 11.8 Å². The monoisotopic (exact) mass is 302 g/mol. The molecule has 114 valence electrons. The summed E-state index contributed by atoms with van der Waals surface area (Å²) in [6.07, 6.45) is 2.17. The highest BCUT2D eigenvalue weighted by molar-refractivity contribution is 7.98. The number of hydrogen-bond acceptors (Lipinski definition) is 2. The van der Waals surface area contributed by atoms with Gasteiger partial charge in [0.1, 0.15) is 0 Å². The van der Waals surface area contributed by atoms with E-state index in [1.165, 1.54) is 28.4 Å². The van der Waals surface area contributed by atoms with Crippen LogP contribution in [0.4, 0.5) is 0 Å². The lowest BCUT2D eigenvalue weighted by molar-refractivity contribution is 0.558. The predicted octanol–water partition coefficient (Wildman–Crippen LogP) is 4.18. The van der Waals surface area contributed by atoms with Crippen LogP contribution in [0.3, 0.4) is 0 Å². The van der Waals surface area contributed by atoms with Gasteiger partial charge in [-0.15, -0.1) is 0 Å². The normalized spacial score (nSPS) is 12.6. The molecule has 3 heteroatoms. The molecule has 0 fully saturated rings. The largest absolute Gasteiger partial charge is 0.318 e. The lowest BCUT2D eigenvalue weighted by Crippen LogP contribution is -2.22. The van der Waals surface area contributed by atoms with Crippen LogP contribution in [0, 0.1) is 19.8 Å². The third-order valence-corrected chi connectivity index (χ3v) is 4.71. The quantitative estimate of drug-likeness (QED) is 0.826. The zero-order valence-corrected chi connectivity index (χ0v) is 14.3. The molecular formula is C18H26N2S. The van der Waals surface area contributed by atoms with Crippen LogP contribution < -0.4 is 5.32 Å². The molecule has 2 nitrogen and oxygen atoms in total. The van der Waals surface area contributed by atoms with Crippen molar-refractivity contribution in [2.45, 2.75) is 27.3 Å². The van der Waals surface area contributed by atoms with Crippen molar-refractivity contribution >= 4 is 11.8 Å². The van der Waals surface area contributed by atoms with E-state index in [0.29, 0.717) is 0 Å². The average Bonchev–Trinajstić information content (AvgIpc) is 2.75. The molecule has 21 heavy (non-hydrogen) atoms. The van der Waals surface area contributed by atoms with Gasteiger partial charge in [0.15, 0.2) is 0 Å². The van der Waals surface area contributed by atoms with Crippen LogP contribution in [0.25, 0.3) is 5.69 Å². The van der Waals surface area contributed by atoms with Gasteiger partial charge in [0.2, 0.25) is 0 Å². The average molecular weight is 302 g/mol. The number of nitrogens with one attached hydrogen (secondary N) is 1. The van der Waals surface area contributed by atoms with Crippen molar-refractivity contribution < 1.29 is 0 Å². The molecule has 2 rings (SSSR count). The van der Waals surface area contributed by atoms with Crippen LogP contribution in [-0.4, -0.2) is 23.1 Å². The summed E-state index contributed by atoms with van der Waals surface area (Å²) in [4.78, 5) is 0. The third kappa shape index (κ3) is 4.14. The Labute approximate surface area is 133 Å². The first-order chi connectivity index (χ1) is 10.1. The van der Waals surface area contributed by atoms with Gasteiger partial charge in [0.25, 0.3) is 0 Å². The summed E-state index contributed by atoms with van der Waals surface area (Å²) >= 11 is 1.92. The van der Waals surface area contributed by atoms with Gasteiger partial charge in [0.05, 0.1) is 0 Å². The second kappa shape index (κ2) is 7.71. The highest BCUT2D eigenvalue weighted by Gasteiger charge is 2.10. The molecule has 1 heterocycles. The van der Waals surface area contributed by atoms with Gasteiger partial charge < -0.3 is 9.88 Å². The molecule has 0 amide bonds. The molecular weight excluding hydrogens is 276 g/mol. The van der Waals surface area contributed by atoms with E-state index in [4.69, 9.17) is 0 Å². The van der Waals surface area contributed by atoms with Crippen LogP contribution in [0.15, 0.2) is 36.4 Å². The number of rotatable bonds is 7. The van der Waals surface area contributed by atoms with Gasteiger partial charge in [-0.05, 0) is 62.1 Å². The molecule has 1 aromatic carbocycles. The van der Waals surface area contributed by atoms with E-state index in [9.17, 15) is 0 Å². The Kier molecular flexibility index (Phi) is 5.95. The first kappa shape index (κ1) is 16.2. The fourth-order valence-corrected chi connectivity index (χ4v) is 3.47. The minimum atomic E-state index is 0.720. The Balaban J connectivity index is 2.06. The van der Waals surface area contributed by atoms with E-state index < -0.39 is 0 Å². The topological polar surface area (TPSA) is 17.0 Å². The maximum atomic E-state index is 3.59. The van der Waals surface area contributed by atoms with Crippen LogP contribution >= 0.6 is 11.8 Å². The van der Waals surface area contributed by atoms with Crippen molar-refractivity contribution in [2.24, 2.45) is 5.92 Å². The van der Waals surface area contributed by atoms with E-state index in [-0.39, 0.29) is 0 Å². The fraction of sp³-hybridized carbons (Fsp3) is 0.444. The zero-order chi connectivity index (χ0) is 15.2. The van der Waals surface area contributed by atoms with Crippen LogP contribution in [0.1, 0.15) is 23.9 Å². The Hall–Kier alpha value is -1.19. The molecule has 1 aromatic heterocycles. The van der Waals surface area contributed by atoms with Gasteiger partial charge in [-0.25, -0.2) is 0 Å². The van der Waals surface area contributed by atoms with Crippen molar-refractivity contribution in [3.8, 4) is 5.69 Å². The Bertz CT molecular complexity index is 560. The molecule has 1 atom stereocenters. The standard InChI is InChI=1S/C18H26N2S/c1-14(13-21-4)11-19-12-17-10-15(2)20(16(17)3)18-8-6-5-7-9-18/h5-10,14,19H,11-13H2,1-4H3. The van der Waals surface area contributed by atoms with E-state index in [1.54, 1.807) is 0 Å². The number of hydrogen-bond donors (Lipinski definition) is 1. The molecule has 0 spiro atoms. The molecule has 2 aromatic rings. The summed E-state index contributed by atoms with van der Waals surface area (Å²) in [6.45, 7) is 8.72. The Morgan fingerprint density at radius 1 is 1.19 bits per heavy atom. The van der Waals surface area contributed by atoms with Crippen LogP contribution in [0.2, 0.25) is 0 Å². The predicted molar refractivity (Wildman–Crippen MR) is 94.5 cm³/mol.